The van der Waals surface area contributed by atoms with Crippen LogP contribution in [0.1, 0.15) is 60.8 Å². The van der Waals surface area contributed by atoms with Crippen LogP contribution in [-0.2, 0) is 4.79 Å². The molecule has 0 aromatic carbocycles. The van der Waals surface area contributed by atoms with Crippen LogP contribution in [0.4, 0.5) is 0 Å². The van der Waals surface area contributed by atoms with Gasteiger partial charge >= 0.3 is 0 Å². The fourth-order valence-corrected chi connectivity index (χ4v) is 2.24. The van der Waals surface area contributed by atoms with Crippen molar-refractivity contribution in [2.45, 2.75) is 66.3 Å². The Morgan fingerprint density at radius 2 is 1.56 bits per heavy atom. The van der Waals surface area contributed by atoms with Crippen LogP contribution in [0, 0.1) is 5.92 Å². The van der Waals surface area contributed by atoms with E-state index in [4.69, 9.17) is 0 Å². The summed E-state index contributed by atoms with van der Waals surface area (Å²) in [5.41, 5.74) is 0.0340. The number of piperidine rings is 1. The first-order valence-corrected chi connectivity index (χ1v) is 6.71. The summed E-state index contributed by atoms with van der Waals surface area (Å²) < 4.78 is 0. The van der Waals surface area contributed by atoms with Crippen molar-refractivity contribution in [1.29, 1.82) is 0 Å². The molecule has 1 fully saturated rings. The number of rotatable bonds is 3. The molecule has 0 spiro atoms. The lowest BCUT2D eigenvalue weighted by Gasteiger charge is -2.44. The monoisotopic (exact) mass is 227 g/mol. The van der Waals surface area contributed by atoms with Crippen LogP contribution >= 0.6 is 0 Å². The van der Waals surface area contributed by atoms with Gasteiger partial charge in [-0.05, 0) is 46.7 Å². The average Bonchev–Trinajstić information content (AvgIpc) is 2.31. The van der Waals surface area contributed by atoms with Crippen LogP contribution in [0.3, 0.4) is 0 Å². The van der Waals surface area contributed by atoms with Gasteiger partial charge in [0.2, 0.25) is 0 Å². The number of Topliss-reactive ketones (excluding diaryl/α,β-unsaturated/α-hetero) is 1. The molecule has 1 unspecified atom stereocenters. The summed E-state index contributed by atoms with van der Waals surface area (Å²) in [4.78, 5) is 13.9. The van der Waals surface area contributed by atoms with E-state index in [-0.39, 0.29) is 11.5 Å². The SMILES string of the molecule is CC.CC(=O)C(C)C(C)(C)N1CCCCC1. The number of carbonyl (C=O) groups is 1. The Balaban J connectivity index is 0.00000106. The molecule has 2 nitrogen and oxygen atoms in total. The third-order valence-corrected chi connectivity index (χ3v) is 3.84. The Bertz CT molecular complexity index is 205. The number of carbonyl (C=O) groups excluding carboxylic acids is 1. The van der Waals surface area contributed by atoms with Crippen molar-refractivity contribution in [3.63, 3.8) is 0 Å². The van der Waals surface area contributed by atoms with Crippen LogP contribution in [0.5, 0.6) is 0 Å². The Morgan fingerprint density at radius 3 is 1.94 bits per heavy atom. The van der Waals surface area contributed by atoms with Gasteiger partial charge in [0.15, 0.2) is 0 Å². The molecule has 0 N–H and O–H groups in total. The van der Waals surface area contributed by atoms with Gasteiger partial charge in [-0.25, -0.2) is 0 Å². The Kier molecular flexibility index (Phi) is 6.89. The first-order valence-electron chi connectivity index (χ1n) is 6.71. The highest BCUT2D eigenvalue weighted by Crippen LogP contribution is 2.28. The van der Waals surface area contributed by atoms with E-state index in [1.807, 2.05) is 13.8 Å². The first-order chi connectivity index (χ1) is 7.46. The van der Waals surface area contributed by atoms with Gasteiger partial charge in [0.25, 0.3) is 0 Å². The summed E-state index contributed by atoms with van der Waals surface area (Å²) in [6.45, 7) is 14.5. The molecular formula is C14H29NO. The third kappa shape index (κ3) is 3.89. The van der Waals surface area contributed by atoms with Crippen molar-refractivity contribution >= 4 is 5.78 Å². The molecule has 0 aliphatic carbocycles. The van der Waals surface area contributed by atoms with E-state index in [1.54, 1.807) is 6.92 Å². The van der Waals surface area contributed by atoms with E-state index in [0.717, 1.165) is 13.1 Å². The molecule has 1 heterocycles. The second-order valence-corrected chi connectivity index (χ2v) is 5.03. The fraction of sp³-hybridized carbons (Fsp3) is 0.929. The molecule has 0 amide bonds. The zero-order valence-electron chi connectivity index (χ0n) is 12.0. The van der Waals surface area contributed by atoms with Crippen LogP contribution in [-0.4, -0.2) is 29.3 Å². The molecule has 1 atom stereocenters. The van der Waals surface area contributed by atoms with Gasteiger partial charge in [-0.3, -0.25) is 9.69 Å². The number of hydrogen-bond donors (Lipinski definition) is 0. The fourth-order valence-electron chi connectivity index (χ4n) is 2.24. The molecule has 0 aromatic rings. The maximum absolute atomic E-state index is 11.4. The molecule has 0 radical (unpaired) electrons. The summed E-state index contributed by atoms with van der Waals surface area (Å²) in [6, 6.07) is 0. The van der Waals surface area contributed by atoms with E-state index in [1.165, 1.54) is 19.3 Å². The highest BCUT2D eigenvalue weighted by Gasteiger charge is 2.35. The van der Waals surface area contributed by atoms with Crippen molar-refractivity contribution < 1.29 is 4.79 Å². The summed E-state index contributed by atoms with van der Waals surface area (Å²) >= 11 is 0. The van der Waals surface area contributed by atoms with E-state index < -0.39 is 0 Å². The maximum atomic E-state index is 11.4. The maximum Gasteiger partial charge on any atom is 0.134 e. The summed E-state index contributed by atoms with van der Waals surface area (Å²) in [5, 5.41) is 0. The Hall–Kier alpha value is -0.370. The molecule has 1 aliphatic rings. The largest absolute Gasteiger partial charge is 0.300 e. The minimum Gasteiger partial charge on any atom is -0.300 e. The number of ketones is 1. The van der Waals surface area contributed by atoms with E-state index in [2.05, 4.69) is 25.7 Å². The minimum absolute atomic E-state index is 0.0340. The lowest BCUT2D eigenvalue weighted by Crippen LogP contribution is -2.52. The van der Waals surface area contributed by atoms with Crippen LogP contribution in [0.15, 0.2) is 0 Å². The topological polar surface area (TPSA) is 20.3 Å². The summed E-state index contributed by atoms with van der Waals surface area (Å²) in [6.07, 6.45) is 3.92. The van der Waals surface area contributed by atoms with Crippen molar-refractivity contribution in [2.24, 2.45) is 5.92 Å². The van der Waals surface area contributed by atoms with E-state index in [0.29, 0.717) is 5.78 Å². The quantitative estimate of drug-likeness (QED) is 0.735. The molecule has 0 aromatic heterocycles. The van der Waals surface area contributed by atoms with Crippen LogP contribution < -0.4 is 0 Å². The van der Waals surface area contributed by atoms with Crippen molar-refractivity contribution in [3.8, 4) is 0 Å². The highest BCUT2D eigenvalue weighted by molar-refractivity contribution is 5.79. The van der Waals surface area contributed by atoms with Gasteiger partial charge in [0.05, 0.1) is 0 Å². The molecule has 0 bridgehead atoms. The van der Waals surface area contributed by atoms with Gasteiger partial charge < -0.3 is 0 Å². The van der Waals surface area contributed by atoms with Crippen molar-refractivity contribution in [3.05, 3.63) is 0 Å². The molecular weight excluding hydrogens is 198 g/mol. The molecule has 1 saturated heterocycles. The standard InChI is InChI=1S/C12H23NO.C2H6/c1-10(11(2)14)12(3,4)13-8-6-5-7-9-13;1-2/h10H,5-9H2,1-4H3;1-2H3. The molecule has 2 heteroatoms. The second kappa shape index (κ2) is 7.05. The number of likely N-dealkylation sites (tertiary alicyclic amines) is 1. The van der Waals surface area contributed by atoms with E-state index in [9.17, 15) is 4.79 Å². The average molecular weight is 227 g/mol. The lowest BCUT2D eigenvalue weighted by molar-refractivity contribution is -0.124. The van der Waals surface area contributed by atoms with Gasteiger partial charge in [-0.15, -0.1) is 0 Å². The predicted molar refractivity (Wildman–Crippen MR) is 70.7 cm³/mol. The van der Waals surface area contributed by atoms with Gasteiger partial charge in [-0.2, -0.15) is 0 Å². The van der Waals surface area contributed by atoms with Crippen LogP contribution in [0.2, 0.25) is 0 Å². The molecule has 16 heavy (non-hydrogen) atoms. The molecule has 1 rings (SSSR count). The summed E-state index contributed by atoms with van der Waals surface area (Å²) in [7, 11) is 0. The molecule has 0 saturated carbocycles. The normalized spacial score (nSPS) is 19.6. The Labute approximate surface area is 101 Å². The van der Waals surface area contributed by atoms with Crippen molar-refractivity contribution in [1.82, 2.24) is 4.90 Å². The number of hydrogen-bond acceptors (Lipinski definition) is 2. The molecule has 96 valence electrons. The predicted octanol–water partition coefficient (Wildman–Crippen LogP) is 3.50. The summed E-state index contributed by atoms with van der Waals surface area (Å²) in [5.74, 6) is 0.446. The molecule has 1 aliphatic heterocycles. The highest BCUT2D eigenvalue weighted by atomic mass is 16.1. The third-order valence-electron chi connectivity index (χ3n) is 3.84. The van der Waals surface area contributed by atoms with Gasteiger partial charge in [-0.1, -0.05) is 27.2 Å². The first kappa shape index (κ1) is 15.6. The van der Waals surface area contributed by atoms with Gasteiger partial charge in [0, 0.05) is 11.5 Å². The minimum atomic E-state index is 0.0340. The smallest absolute Gasteiger partial charge is 0.134 e. The van der Waals surface area contributed by atoms with Gasteiger partial charge in [0.1, 0.15) is 5.78 Å². The zero-order chi connectivity index (χ0) is 12.8. The number of nitrogens with zero attached hydrogens (tertiary/aromatic N) is 1. The van der Waals surface area contributed by atoms with Crippen LogP contribution in [0.25, 0.3) is 0 Å². The van der Waals surface area contributed by atoms with E-state index >= 15 is 0 Å². The van der Waals surface area contributed by atoms with Crippen molar-refractivity contribution in [2.75, 3.05) is 13.1 Å². The second-order valence-electron chi connectivity index (χ2n) is 5.03. The Morgan fingerprint density at radius 1 is 1.12 bits per heavy atom. The lowest BCUT2D eigenvalue weighted by atomic mass is 9.83. The zero-order valence-corrected chi connectivity index (χ0v) is 12.0.